The maximum Gasteiger partial charge on any atom is 0.352 e. The monoisotopic (exact) mass is 470 g/mol. The molecule has 0 spiro atoms. The van der Waals surface area contributed by atoms with Gasteiger partial charge in [0.2, 0.25) is 12.2 Å². The smallest absolute Gasteiger partial charge is 0.352 e. The lowest BCUT2D eigenvalue weighted by Crippen LogP contribution is -2.46. The fourth-order valence-corrected chi connectivity index (χ4v) is 3.69. The minimum Gasteiger partial charge on any atom is -0.478 e. The Labute approximate surface area is 194 Å². The molecule has 0 saturated heterocycles. The van der Waals surface area contributed by atoms with Gasteiger partial charge in [0.1, 0.15) is 6.10 Å². The van der Waals surface area contributed by atoms with E-state index in [0.29, 0.717) is 22.5 Å². The molecule has 2 unspecified atom stereocenters. The summed E-state index contributed by atoms with van der Waals surface area (Å²) in [6.45, 7) is 1.91. The maximum absolute atomic E-state index is 13.1. The standard InChI is InChI=1S/C23H22N2O9/c1-12(26)32-19(21(28)29)20(33-13(2)27)22(30)34-18-11-14-7-3-5-9-16(14)25(23(24)31)17-10-6-4-8-15(17)18/h3-10,18-20H,11H2,1-2H3,(H2,24,31)(H,28,29)/t18-,19?,20?/m1/s1. The number of rotatable bonds is 6. The van der Waals surface area contributed by atoms with Crippen LogP contribution in [0.3, 0.4) is 0 Å². The van der Waals surface area contributed by atoms with Crippen molar-refractivity contribution >= 4 is 41.3 Å². The molecule has 34 heavy (non-hydrogen) atoms. The number of para-hydroxylation sites is 2. The number of amides is 2. The topological polar surface area (TPSA) is 163 Å². The van der Waals surface area contributed by atoms with Gasteiger partial charge < -0.3 is 25.1 Å². The molecule has 178 valence electrons. The first-order valence-electron chi connectivity index (χ1n) is 10.1. The minimum absolute atomic E-state index is 0.0980. The van der Waals surface area contributed by atoms with Crippen LogP contribution in [-0.4, -0.2) is 47.2 Å². The zero-order valence-electron chi connectivity index (χ0n) is 18.3. The minimum atomic E-state index is -2.12. The Balaban J connectivity index is 2.04. The molecular formula is C23H22N2O9. The third-order valence-corrected chi connectivity index (χ3v) is 4.98. The van der Waals surface area contributed by atoms with Crippen LogP contribution in [0.4, 0.5) is 16.2 Å². The molecule has 2 aromatic rings. The number of fused-ring (bicyclic) bond motifs is 2. The van der Waals surface area contributed by atoms with Crippen LogP contribution in [0.15, 0.2) is 48.5 Å². The predicted molar refractivity (Wildman–Crippen MR) is 116 cm³/mol. The van der Waals surface area contributed by atoms with E-state index < -0.39 is 48.2 Å². The van der Waals surface area contributed by atoms with Crippen LogP contribution in [0.1, 0.15) is 31.1 Å². The molecule has 3 N–H and O–H groups in total. The molecule has 0 fully saturated rings. The molecule has 1 aliphatic rings. The number of nitrogens with two attached hydrogens (primary N) is 1. The fourth-order valence-electron chi connectivity index (χ4n) is 3.69. The molecule has 2 amide bonds. The van der Waals surface area contributed by atoms with Crippen molar-refractivity contribution in [2.45, 2.75) is 38.6 Å². The molecule has 11 heteroatoms. The Morgan fingerprint density at radius 2 is 1.47 bits per heavy atom. The fraction of sp³-hybridized carbons (Fsp3) is 0.261. The number of carbonyl (C=O) groups excluding carboxylic acids is 4. The molecule has 0 aromatic heterocycles. The number of aliphatic carboxylic acids is 1. The Bertz CT molecular complexity index is 1150. The number of carbonyl (C=O) groups is 5. The Morgan fingerprint density at radius 3 is 2.06 bits per heavy atom. The van der Waals surface area contributed by atoms with Gasteiger partial charge in [-0.25, -0.2) is 14.4 Å². The number of ether oxygens (including phenoxy) is 3. The SMILES string of the molecule is CC(=O)OC(C(=O)O)C(OC(C)=O)C(=O)O[C@@H]1Cc2ccccc2N(C(N)=O)c2ccccc21. The number of carboxylic acid groups (broad SMARTS) is 1. The zero-order chi connectivity index (χ0) is 25.0. The summed E-state index contributed by atoms with van der Waals surface area (Å²) in [5, 5.41) is 9.45. The van der Waals surface area contributed by atoms with Crippen molar-refractivity contribution in [2.75, 3.05) is 4.90 Å². The number of hydrogen-bond acceptors (Lipinski definition) is 8. The van der Waals surface area contributed by atoms with Crippen molar-refractivity contribution in [1.82, 2.24) is 0 Å². The van der Waals surface area contributed by atoms with Crippen molar-refractivity contribution in [2.24, 2.45) is 5.73 Å². The lowest BCUT2D eigenvalue weighted by Gasteiger charge is -2.25. The summed E-state index contributed by atoms with van der Waals surface area (Å²) >= 11 is 0. The van der Waals surface area contributed by atoms with Crippen molar-refractivity contribution in [1.29, 1.82) is 0 Å². The molecule has 11 nitrogen and oxygen atoms in total. The van der Waals surface area contributed by atoms with Gasteiger partial charge in [0.05, 0.1) is 11.4 Å². The number of urea groups is 1. The van der Waals surface area contributed by atoms with E-state index in [9.17, 15) is 29.1 Å². The van der Waals surface area contributed by atoms with Crippen molar-refractivity contribution in [3.63, 3.8) is 0 Å². The average molecular weight is 470 g/mol. The molecule has 0 radical (unpaired) electrons. The van der Waals surface area contributed by atoms with Crippen LogP contribution in [-0.2, 0) is 39.8 Å². The number of primary amides is 1. The van der Waals surface area contributed by atoms with Gasteiger partial charge in [-0.3, -0.25) is 14.5 Å². The lowest BCUT2D eigenvalue weighted by molar-refractivity contribution is -0.190. The van der Waals surface area contributed by atoms with E-state index in [1.54, 1.807) is 48.5 Å². The number of anilines is 2. The van der Waals surface area contributed by atoms with Gasteiger partial charge in [-0.05, 0) is 17.7 Å². The Morgan fingerprint density at radius 1 is 0.912 bits per heavy atom. The van der Waals surface area contributed by atoms with Gasteiger partial charge in [-0.2, -0.15) is 0 Å². The normalized spacial score (nSPS) is 16.1. The van der Waals surface area contributed by atoms with Crippen molar-refractivity contribution < 1.29 is 43.3 Å². The summed E-state index contributed by atoms with van der Waals surface area (Å²) in [7, 11) is 0. The summed E-state index contributed by atoms with van der Waals surface area (Å²) in [6, 6.07) is 12.7. The second-order valence-corrected chi connectivity index (χ2v) is 7.39. The molecule has 3 atom stereocenters. The van der Waals surface area contributed by atoms with Crippen molar-refractivity contribution in [3.05, 3.63) is 59.7 Å². The van der Waals surface area contributed by atoms with E-state index in [-0.39, 0.29) is 6.42 Å². The van der Waals surface area contributed by atoms with E-state index in [4.69, 9.17) is 19.9 Å². The number of benzene rings is 2. The summed E-state index contributed by atoms with van der Waals surface area (Å²) in [5.41, 5.74) is 7.52. The lowest BCUT2D eigenvalue weighted by atomic mass is 10.0. The highest BCUT2D eigenvalue weighted by Crippen LogP contribution is 2.41. The van der Waals surface area contributed by atoms with Crippen molar-refractivity contribution in [3.8, 4) is 0 Å². The second-order valence-electron chi connectivity index (χ2n) is 7.39. The van der Waals surface area contributed by atoms with Crippen LogP contribution in [0, 0.1) is 0 Å². The van der Waals surface area contributed by atoms with Crippen LogP contribution >= 0.6 is 0 Å². The highest BCUT2D eigenvalue weighted by molar-refractivity contribution is 6.00. The van der Waals surface area contributed by atoms with Crippen LogP contribution < -0.4 is 10.6 Å². The zero-order valence-corrected chi connectivity index (χ0v) is 18.3. The maximum atomic E-state index is 13.1. The van der Waals surface area contributed by atoms with Crippen LogP contribution in [0.5, 0.6) is 0 Å². The predicted octanol–water partition coefficient (Wildman–Crippen LogP) is 1.99. The molecule has 0 bridgehead atoms. The van der Waals surface area contributed by atoms with E-state index in [0.717, 1.165) is 13.8 Å². The van der Waals surface area contributed by atoms with Gasteiger partial charge in [-0.15, -0.1) is 0 Å². The first kappa shape index (κ1) is 24.2. The number of nitrogens with zero attached hydrogens (tertiary/aromatic N) is 1. The highest BCUT2D eigenvalue weighted by atomic mass is 16.6. The van der Waals surface area contributed by atoms with E-state index in [1.807, 2.05) is 0 Å². The quantitative estimate of drug-likeness (QED) is 0.475. The third-order valence-electron chi connectivity index (χ3n) is 4.98. The third kappa shape index (κ3) is 5.14. The molecule has 0 saturated carbocycles. The summed E-state index contributed by atoms with van der Waals surface area (Å²) in [6.07, 6.45) is -5.10. The van der Waals surface area contributed by atoms with Gasteiger partial charge >= 0.3 is 29.9 Å². The average Bonchev–Trinajstić information content (AvgIpc) is 2.90. The largest absolute Gasteiger partial charge is 0.478 e. The van der Waals surface area contributed by atoms with Gasteiger partial charge in [-0.1, -0.05) is 36.4 Å². The van der Waals surface area contributed by atoms with Gasteiger partial charge in [0.25, 0.3) is 0 Å². The van der Waals surface area contributed by atoms with Crippen LogP contribution in [0.25, 0.3) is 0 Å². The number of hydrogen-bond donors (Lipinski definition) is 2. The summed E-state index contributed by atoms with van der Waals surface area (Å²) in [4.78, 5) is 61.3. The molecule has 1 aliphatic heterocycles. The first-order valence-corrected chi connectivity index (χ1v) is 10.1. The van der Waals surface area contributed by atoms with E-state index in [2.05, 4.69) is 0 Å². The van der Waals surface area contributed by atoms with Gasteiger partial charge in [0.15, 0.2) is 0 Å². The molecule has 3 rings (SSSR count). The first-order chi connectivity index (χ1) is 16.1. The highest BCUT2D eigenvalue weighted by Gasteiger charge is 2.42. The molecule has 2 aromatic carbocycles. The Hall–Kier alpha value is -4.41. The second kappa shape index (κ2) is 10.0. The van der Waals surface area contributed by atoms with E-state index in [1.165, 1.54) is 4.90 Å². The number of esters is 3. The van der Waals surface area contributed by atoms with Crippen LogP contribution in [0.2, 0.25) is 0 Å². The molecule has 0 aliphatic carbocycles. The summed E-state index contributed by atoms with van der Waals surface area (Å²) in [5.74, 6) is -4.92. The Kier molecular flexibility index (Phi) is 7.15. The van der Waals surface area contributed by atoms with E-state index >= 15 is 0 Å². The summed E-state index contributed by atoms with van der Waals surface area (Å²) < 4.78 is 15.2. The molecule has 1 heterocycles. The van der Waals surface area contributed by atoms with Gasteiger partial charge in [0, 0.05) is 25.8 Å². The molecular weight excluding hydrogens is 448 g/mol. The number of carboxylic acids is 1.